The minimum atomic E-state index is -0.999. The van der Waals surface area contributed by atoms with E-state index in [2.05, 4.69) is 0 Å². The van der Waals surface area contributed by atoms with Gasteiger partial charge in [0.05, 0.1) is 22.3 Å². The summed E-state index contributed by atoms with van der Waals surface area (Å²) in [5.74, 6) is -1.66. The topological polar surface area (TPSA) is 96.2 Å². The van der Waals surface area contributed by atoms with Crippen LogP contribution in [0.15, 0.2) is 78.9 Å². The molecule has 2 saturated heterocycles. The molecule has 3 atom stereocenters. The summed E-state index contributed by atoms with van der Waals surface area (Å²) in [5.41, 5.74) is 2.75. The van der Waals surface area contributed by atoms with E-state index in [9.17, 15) is 19.7 Å². The van der Waals surface area contributed by atoms with Gasteiger partial charge in [0.25, 0.3) is 11.6 Å². The van der Waals surface area contributed by atoms with Crippen molar-refractivity contribution in [1.29, 1.82) is 0 Å². The van der Waals surface area contributed by atoms with Crippen LogP contribution in [0, 0.1) is 16.0 Å². The number of non-ortho nitro benzene ring substituents is 1. The van der Waals surface area contributed by atoms with E-state index >= 15 is 0 Å². The first-order chi connectivity index (χ1) is 16.4. The second-order valence-corrected chi connectivity index (χ2v) is 8.43. The lowest BCUT2D eigenvalue weighted by Crippen LogP contribution is -2.37. The molecule has 172 valence electrons. The van der Waals surface area contributed by atoms with Crippen molar-refractivity contribution in [3.8, 4) is 0 Å². The standard InChI is InChI=1S/C25H22N4O5/c1-26(2)17-10-8-16(9-11-17)22-21-23(34-28(22)19-6-4-3-5-7-19)25(31)27(24(21)30)18-12-14-20(15-13-18)29(32)33/h3-15,21-23H,1-2H3/t21-,22+,23+/m1/s1. The zero-order chi connectivity index (χ0) is 24.0. The van der Waals surface area contributed by atoms with Crippen molar-refractivity contribution in [3.63, 3.8) is 0 Å². The molecule has 34 heavy (non-hydrogen) atoms. The van der Waals surface area contributed by atoms with Gasteiger partial charge in [-0.05, 0) is 42.0 Å². The lowest BCUT2D eigenvalue weighted by Gasteiger charge is -2.29. The van der Waals surface area contributed by atoms with Crippen LogP contribution in [-0.4, -0.2) is 36.9 Å². The number of para-hydroxylation sites is 1. The lowest BCUT2D eigenvalue weighted by molar-refractivity contribution is -0.384. The third kappa shape index (κ3) is 3.46. The van der Waals surface area contributed by atoms with Gasteiger partial charge >= 0.3 is 0 Å². The minimum absolute atomic E-state index is 0.117. The third-order valence-electron chi connectivity index (χ3n) is 6.20. The zero-order valence-electron chi connectivity index (χ0n) is 18.6. The molecule has 0 spiro atoms. The fourth-order valence-corrected chi connectivity index (χ4v) is 4.50. The van der Waals surface area contributed by atoms with Gasteiger partial charge in [0.15, 0.2) is 6.10 Å². The Morgan fingerprint density at radius 1 is 0.853 bits per heavy atom. The maximum atomic E-state index is 13.6. The highest BCUT2D eigenvalue weighted by molar-refractivity contribution is 6.24. The fraction of sp³-hybridized carbons (Fsp3) is 0.200. The van der Waals surface area contributed by atoms with Crippen LogP contribution < -0.4 is 14.9 Å². The van der Waals surface area contributed by atoms with Crippen molar-refractivity contribution in [2.45, 2.75) is 12.1 Å². The molecule has 0 bridgehead atoms. The van der Waals surface area contributed by atoms with Crippen molar-refractivity contribution in [2.24, 2.45) is 5.92 Å². The highest BCUT2D eigenvalue weighted by Gasteiger charge is 2.60. The quantitative estimate of drug-likeness (QED) is 0.327. The second-order valence-electron chi connectivity index (χ2n) is 8.43. The number of rotatable bonds is 5. The highest BCUT2D eigenvalue weighted by Crippen LogP contribution is 2.47. The van der Waals surface area contributed by atoms with E-state index < -0.39 is 34.8 Å². The average Bonchev–Trinajstić information content (AvgIpc) is 3.35. The molecule has 2 fully saturated rings. The first-order valence-corrected chi connectivity index (χ1v) is 10.8. The van der Waals surface area contributed by atoms with E-state index in [1.165, 1.54) is 24.3 Å². The summed E-state index contributed by atoms with van der Waals surface area (Å²) in [6.07, 6.45) is -0.999. The van der Waals surface area contributed by atoms with Crippen molar-refractivity contribution < 1.29 is 19.3 Å². The first-order valence-electron chi connectivity index (χ1n) is 10.8. The molecule has 2 heterocycles. The van der Waals surface area contributed by atoms with Gasteiger partial charge in [0.2, 0.25) is 5.91 Å². The van der Waals surface area contributed by atoms with Gasteiger partial charge in [-0.1, -0.05) is 30.3 Å². The number of fused-ring (bicyclic) bond motifs is 1. The predicted octanol–water partition coefficient (Wildman–Crippen LogP) is 3.71. The number of imide groups is 1. The van der Waals surface area contributed by atoms with Gasteiger partial charge in [-0.15, -0.1) is 0 Å². The van der Waals surface area contributed by atoms with Crippen LogP contribution in [0.2, 0.25) is 0 Å². The molecular weight excluding hydrogens is 436 g/mol. The van der Waals surface area contributed by atoms with Crippen LogP contribution in [0.3, 0.4) is 0 Å². The van der Waals surface area contributed by atoms with Crippen molar-refractivity contribution in [2.75, 3.05) is 29.0 Å². The van der Waals surface area contributed by atoms with Gasteiger partial charge in [-0.3, -0.25) is 24.5 Å². The number of benzene rings is 3. The van der Waals surface area contributed by atoms with Gasteiger partial charge in [-0.2, -0.15) is 0 Å². The summed E-state index contributed by atoms with van der Waals surface area (Å²) >= 11 is 0. The summed E-state index contributed by atoms with van der Waals surface area (Å²) in [5, 5.41) is 12.6. The molecule has 5 rings (SSSR count). The molecule has 0 unspecified atom stereocenters. The number of amides is 2. The van der Waals surface area contributed by atoms with Crippen LogP contribution in [-0.2, 0) is 14.4 Å². The summed E-state index contributed by atoms with van der Waals surface area (Å²) in [6, 6.07) is 22.0. The number of carbonyl (C=O) groups excluding carboxylic acids is 2. The number of hydrogen-bond acceptors (Lipinski definition) is 7. The molecule has 2 aliphatic rings. The van der Waals surface area contributed by atoms with Gasteiger partial charge in [-0.25, -0.2) is 9.96 Å². The number of carbonyl (C=O) groups is 2. The van der Waals surface area contributed by atoms with Gasteiger partial charge in [0.1, 0.15) is 5.92 Å². The van der Waals surface area contributed by atoms with Crippen molar-refractivity contribution in [3.05, 3.63) is 94.5 Å². The summed E-state index contributed by atoms with van der Waals surface area (Å²) in [4.78, 5) is 46.6. The Bertz CT molecular complexity index is 1240. The van der Waals surface area contributed by atoms with Crippen LogP contribution in [0.5, 0.6) is 0 Å². The molecule has 0 aliphatic carbocycles. The van der Waals surface area contributed by atoms with E-state index in [0.717, 1.165) is 21.8 Å². The molecule has 2 aliphatic heterocycles. The van der Waals surface area contributed by atoms with Crippen molar-refractivity contribution >= 4 is 34.6 Å². The molecular formula is C25H22N4O5. The summed E-state index contributed by atoms with van der Waals surface area (Å²) in [6.45, 7) is 0. The van der Waals surface area contributed by atoms with E-state index in [4.69, 9.17) is 4.84 Å². The SMILES string of the molecule is CN(C)c1ccc([C@H]2[C@H]3C(=O)N(c4ccc([N+](=O)[O-])cc4)C(=O)[C@H]3ON2c2ccccc2)cc1. The first kappa shape index (κ1) is 21.6. The Balaban J connectivity index is 1.54. The molecule has 0 radical (unpaired) electrons. The molecule has 0 aromatic heterocycles. The number of hydroxylamine groups is 1. The smallest absolute Gasteiger partial charge is 0.269 e. The maximum Gasteiger partial charge on any atom is 0.269 e. The monoisotopic (exact) mass is 458 g/mol. The van der Waals surface area contributed by atoms with Crippen LogP contribution in [0.4, 0.5) is 22.7 Å². The Labute approximate surface area is 195 Å². The summed E-state index contributed by atoms with van der Waals surface area (Å²) < 4.78 is 0. The minimum Gasteiger partial charge on any atom is -0.378 e. The number of nitro benzene ring substituents is 1. The maximum absolute atomic E-state index is 13.6. The molecule has 9 heteroatoms. The predicted molar refractivity (Wildman–Crippen MR) is 126 cm³/mol. The normalized spacial score (nSPS) is 21.6. The van der Waals surface area contributed by atoms with E-state index in [1.807, 2.05) is 73.6 Å². The Morgan fingerprint density at radius 2 is 1.50 bits per heavy atom. The Hall–Kier alpha value is -4.24. The molecule has 3 aromatic rings. The Morgan fingerprint density at radius 3 is 2.09 bits per heavy atom. The third-order valence-corrected chi connectivity index (χ3v) is 6.20. The van der Waals surface area contributed by atoms with E-state index in [0.29, 0.717) is 0 Å². The summed E-state index contributed by atoms with van der Waals surface area (Å²) in [7, 11) is 3.89. The lowest BCUT2D eigenvalue weighted by atomic mass is 9.90. The molecule has 0 N–H and O–H groups in total. The number of nitrogens with zero attached hydrogens (tertiary/aromatic N) is 4. The second kappa shape index (κ2) is 8.27. The van der Waals surface area contributed by atoms with Crippen molar-refractivity contribution in [1.82, 2.24) is 0 Å². The van der Waals surface area contributed by atoms with E-state index in [1.54, 1.807) is 5.06 Å². The number of nitro groups is 1. The Kier molecular flexibility index (Phi) is 5.25. The molecule has 0 saturated carbocycles. The van der Waals surface area contributed by atoms with Gasteiger partial charge < -0.3 is 4.90 Å². The van der Waals surface area contributed by atoms with Gasteiger partial charge in [0, 0.05) is 31.9 Å². The van der Waals surface area contributed by atoms with Crippen LogP contribution in [0.25, 0.3) is 0 Å². The fourth-order valence-electron chi connectivity index (χ4n) is 4.50. The average molecular weight is 458 g/mol. The molecule has 2 amide bonds. The van der Waals surface area contributed by atoms with Crippen LogP contribution >= 0.6 is 0 Å². The number of hydrogen-bond donors (Lipinski definition) is 0. The largest absolute Gasteiger partial charge is 0.378 e. The highest BCUT2D eigenvalue weighted by atomic mass is 16.7. The zero-order valence-corrected chi connectivity index (χ0v) is 18.6. The molecule has 9 nitrogen and oxygen atoms in total. The number of anilines is 3. The molecule has 3 aromatic carbocycles. The van der Waals surface area contributed by atoms with E-state index in [-0.39, 0.29) is 11.4 Å². The van der Waals surface area contributed by atoms with Crippen LogP contribution in [0.1, 0.15) is 11.6 Å².